The lowest BCUT2D eigenvalue weighted by Gasteiger charge is -2.04. The van der Waals surface area contributed by atoms with Gasteiger partial charge in [-0.3, -0.25) is 0 Å². The summed E-state index contributed by atoms with van der Waals surface area (Å²) in [5.74, 6) is -1.16. The molecule has 2 rings (SSSR count). The maximum Gasteiger partial charge on any atom is 0.142 e. The van der Waals surface area contributed by atoms with Gasteiger partial charge >= 0.3 is 0 Å². The third kappa shape index (κ3) is 1.42. The molecule has 2 atom stereocenters. The van der Waals surface area contributed by atoms with E-state index in [4.69, 9.17) is 17.3 Å². The van der Waals surface area contributed by atoms with E-state index in [1.54, 1.807) is 0 Å². The van der Waals surface area contributed by atoms with Crippen LogP contribution in [0.5, 0.6) is 0 Å². The van der Waals surface area contributed by atoms with Crippen molar-refractivity contribution in [3.63, 3.8) is 0 Å². The summed E-state index contributed by atoms with van der Waals surface area (Å²) >= 11 is 5.63. The van der Waals surface area contributed by atoms with Crippen molar-refractivity contribution in [2.45, 2.75) is 18.4 Å². The summed E-state index contributed by atoms with van der Waals surface area (Å²) in [5.41, 5.74) is 5.77. The second-order valence-corrected chi connectivity index (χ2v) is 3.64. The fourth-order valence-corrected chi connectivity index (χ4v) is 1.72. The summed E-state index contributed by atoms with van der Waals surface area (Å²) < 4.78 is 26.1. The molecular formula is C9H8ClF2N. The van der Waals surface area contributed by atoms with E-state index in [0.29, 0.717) is 6.42 Å². The Kier molecular flexibility index (Phi) is 2.00. The second-order valence-electron chi connectivity index (χ2n) is 3.26. The molecule has 1 fully saturated rings. The Hall–Kier alpha value is -0.670. The molecule has 0 amide bonds. The zero-order chi connectivity index (χ0) is 9.59. The van der Waals surface area contributed by atoms with Crippen molar-refractivity contribution >= 4 is 11.6 Å². The minimum atomic E-state index is -0.586. The van der Waals surface area contributed by atoms with E-state index in [1.165, 1.54) is 0 Å². The number of nitrogens with two attached hydrogens (primary N) is 1. The van der Waals surface area contributed by atoms with Gasteiger partial charge in [0.1, 0.15) is 11.6 Å². The van der Waals surface area contributed by atoms with E-state index in [9.17, 15) is 8.78 Å². The van der Waals surface area contributed by atoms with Crippen molar-refractivity contribution in [2.24, 2.45) is 5.73 Å². The molecule has 1 nitrogen and oxygen atoms in total. The first kappa shape index (κ1) is 8.91. The second kappa shape index (κ2) is 2.93. The molecule has 1 aromatic rings. The summed E-state index contributed by atoms with van der Waals surface area (Å²) in [6.45, 7) is 0. The van der Waals surface area contributed by atoms with Crippen molar-refractivity contribution in [1.82, 2.24) is 0 Å². The molecule has 13 heavy (non-hydrogen) atoms. The molecule has 0 saturated heterocycles. The molecule has 0 spiro atoms. The van der Waals surface area contributed by atoms with Gasteiger partial charge in [-0.2, -0.15) is 0 Å². The number of rotatable bonds is 1. The van der Waals surface area contributed by atoms with E-state index >= 15 is 0 Å². The minimum absolute atomic E-state index is 0.0752. The van der Waals surface area contributed by atoms with Crippen LogP contribution >= 0.6 is 11.6 Å². The van der Waals surface area contributed by atoms with Gasteiger partial charge < -0.3 is 5.73 Å². The van der Waals surface area contributed by atoms with Gasteiger partial charge in [-0.15, -0.1) is 0 Å². The first-order valence-corrected chi connectivity index (χ1v) is 4.38. The minimum Gasteiger partial charge on any atom is -0.327 e. The van der Waals surface area contributed by atoms with Gasteiger partial charge in [0.2, 0.25) is 0 Å². The monoisotopic (exact) mass is 203 g/mol. The molecule has 0 radical (unpaired) electrons. The fourth-order valence-electron chi connectivity index (χ4n) is 1.43. The SMILES string of the molecule is NC1CC1c1c(F)ccc(F)c1Cl. The summed E-state index contributed by atoms with van der Waals surface area (Å²) in [5, 5.41) is -0.127. The summed E-state index contributed by atoms with van der Waals surface area (Å²) in [4.78, 5) is 0. The highest BCUT2D eigenvalue weighted by Crippen LogP contribution is 2.44. The molecule has 1 saturated carbocycles. The fraction of sp³-hybridized carbons (Fsp3) is 0.333. The smallest absolute Gasteiger partial charge is 0.142 e. The lowest BCUT2D eigenvalue weighted by Crippen LogP contribution is -2.03. The maximum absolute atomic E-state index is 13.2. The lowest BCUT2D eigenvalue weighted by molar-refractivity contribution is 0.585. The predicted molar refractivity (Wildman–Crippen MR) is 46.7 cm³/mol. The number of halogens is 3. The Morgan fingerprint density at radius 2 is 1.85 bits per heavy atom. The molecule has 0 aliphatic heterocycles. The van der Waals surface area contributed by atoms with Crippen LogP contribution in [0.15, 0.2) is 12.1 Å². The van der Waals surface area contributed by atoms with Gasteiger partial charge in [0.15, 0.2) is 0 Å². The average Bonchev–Trinajstić information content (AvgIpc) is 2.76. The quantitative estimate of drug-likeness (QED) is 0.697. The molecule has 2 N–H and O–H groups in total. The lowest BCUT2D eigenvalue weighted by atomic mass is 10.1. The summed E-state index contributed by atoms with van der Waals surface area (Å²) in [6.07, 6.45) is 0.681. The topological polar surface area (TPSA) is 26.0 Å². The van der Waals surface area contributed by atoms with Gasteiger partial charge in [0.05, 0.1) is 5.02 Å². The molecule has 2 unspecified atom stereocenters. The third-order valence-corrected chi connectivity index (χ3v) is 2.67. The number of hydrogen-bond acceptors (Lipinski definition) is 1. The van der Waals surface area contributed by atoms with Crippen LogP contribution in [0.4, 0.5) is 8.78 Å². The molecule has 1 aliphatic rings. The first-order valence-electron chi connectivity index (χ1n) is 4.00. The van der Waals surface area contributed by atoms with Gasteiger partial charge in [0, 0.05) is 17.5 Å². The Labute approximate surface area is 79.5 Å². The van der Waals surface area contributed by atoms with Crippen molar-refractivity contribution < 1.29 is 8.78 Å². The zero-order valence-electron chi connectivity index (χ0n) is 6.73. The van der Waals surface area contributed by atoms with Crippen molar-refractivity contribution in [1.29, 1.82) is 0 Å². The Balaban J connectivity index is 2.48. The average molecular weight is 204 g/mol. The van der Waals surface area contributed by atoms with Gasteiger partial charge in [0.25, 0.3) is 0 Å². The maximum atomic E-state index is 13.2. The van der Waals surface area contributed by atoms with Crippen LogP contribution in [-0.4, -0.2) is 6.04 Å². The molecule has 0 heterocycles. The van der Waals surface area contributed by atoms with Crippen LogP contribution in [0, 0.1) is 11.6 Å². The molecular weight excluding hydrogens is 196 g/mol. The highest BCUT2D eigenvalue weighted by molar-refractivity contribution is 6.31. The first-order chi connectivity index (χ1) is 6.11. The van der Waals surface area contributed by atoms with Crippen LogP contribution in [0.3, 0.4) is 0 Å². The van der Waals surface area contributed by atoms with Crippen molar-refractivity contribution in [3.8, 4) is 0 Å². The van der Waals surface area contributed by atoms with Crippen LogP contribution in [0.2, 0.25) is 5.02 Å². The van der Waals surface area contributed by atoms with E-state index in [0.717, 1.165) is 12.1 Å². The number of benzene rings is 1. The van der Waals surface area contributed by atoms with E-state index < -0.39 is 11.6 Å². The summed E-state index contributed by atoms with van der Waals surface area (Å²) in [7, 11) is 0. The van der Waals surface area contributed by atoms with Crippen LogP contribution in [0.25, 0.3) is 0 Å². The molecule has 0 bridgehead atoms. The highest BCUT2D eigenvalue weighted by atomic mass is 35.5. The Morgan fingerprint density at radius 3 is 2.38 bits per heavy atom. The predicted octanol–water partition coefficient (Wildman–Crippen LogP) is 2.43. The van der Waals surface area contributed by atoms with Crippen LogP contribution < -0.4 is 5.73 Å². The van der Waals surface area contributed by atoms with Gasteiger partial charge in [-0.25, -0.2) is 8.78 Å². The van der Waals surface area contributed by atoms with Crippen molar-refractivity contribution in [3.05, 3.63) is 34.4 Å². The van der Waals surface area contributed by atoms with E-state index in [2.05, 4.69) is 0 Å². The van der Waals surface area contributed by atoms with Crippen molar-refractivity contribution in [2.75, 3.05) is 0 Å². The van der Waals surface area contributed by atoms with E-state index in [-0.39, 0.29) is 22.5 Å². The Morgan fingerprint density at radius 1 is 1.31 bits per heavy atom. The van der Waals surface area contributed by atoms with Crippen LogP contribution in [0.1, 0.15) is 17.9 Å². The van der Waals surface area contributed by atoms with Gasteiger partial charge in [-0.05, 0) is 18.6 Å². The van der Waals surface area contributed by atoms with Gasteiger partial charge in [-0.1, -0.05) is 11.6 Å². The number of hydrogen-bond donors (Lipinski definition) is 1. The zero-order valence-corrected chi connectivity index (χ0v) is 7.48. The van der Waals surface area contributed by atoms with E-state index in [1.807, 2.05) is 0 Å². The summed E-state index contributed by atoms with van der Waals surface area (Å²) in [6, 6.07) is 2.03. The Bertz CT molecular complexity index is 354. The van der Waals surface area contributed by atoms with Crippen LogP contribution in [-0.2, 0) is 0 Å². The standard InChI is InChI=1S/C9H8ClF2N/c10-9-6(12)2-1-5(11)8(9)4-3-7(4)13/h1-2,4,7H,3,13H2. The molecule has 0 aromatic heterocycles. The molecule has 1 aromatic carbocycles. The molecule has 70 valence electrons. The molecule has 1 aliphatic carbocycles. The highest BCUT2D eigenvalue weighted by Gasteiger charge is 2.38. The molecule has 4 heteroatoms. The largest absolute Gasteiger partial charge is 0.327 e. The third-order valence-electron chi connectivity index (χ3n) is 2.29. The normalized spacial score (nSPS) is 26.2.